The minimum atomic E-state index is 0.386. The first kappa shape index (κ1) is 13.9. The van der Waals surface area contributed by atoms with Gasteiger partial charge in [-0.25, -0.2) is 0 Å². The van der Waals surface area contributed by atoms with E-state index in [1.54, 1.807) is 0 Å². The number of hydrogen-bond donors (Lipinski definition) is 1. The lowest BCUT2D eigenvalue weighted by Crippen LogP contribution is -2.60. The van der Waals surface area contributed by atoms with Gasteiger partial charge in [-0.05, 0) is 32.6 Å². The molecule has 0 saturated heterocycles. The highest BCUT2D eigenvalue weighted by Crippen LogP contribution is 2.55. The number of hydrogen-bond acceptors (Lipinski definition) is 3. The van der Waals surface area contributed by atoms with Crippen LogP contribution >= 0.6 is 0 Å². The van der Waals surface area contributed by atoms with Crippen LogP contribution in [0.4, 0.5) is 5.69 Å². The smallest absolute Gasteiger partial charge is 0.0853 e. The quantitative estimate of drug-likeness (QED) is 0.898. The molecule has 1 aromatic heterocycles. The summed E-state index contributed by atoms with van der Waals surface area (Å²) in [7, 11) is 2.00. The Kier molecular flexibility index (Phi) is 3.76. The molecule has 0 radical (unpaired) electrons. The first-order chi connectivity index (χ1) is 9.69. The number of aryl methyl sites for hydroxylation is 2. The molecular formula is C16H27N3O. The van der Waals surface area contributed by atoms with Crippen LogP contribution in [-0.2, 0) is 18.2 Å². The highest BCUT2D eigenvalue weighted by molar-refractivity contribution is 5.48. The maximum atomic E-state index is 5.98. The standard InChI is InChI=1S/C16H27N3O/c1-4-12-13(11-19(3)18-12)17-14-10-15(20-5-2)16(14)8-6-7-9-16/h11,14-15,17H,4-10H2,1-3H3. The molecule has 2 atom stereocenters. The summed E-state index contributed by atoms with van der Waals surface area (Å²) in [5.41, 5.74) is 2.79. The second-order valence-corrected chi connectivity index (χ2v) is 6.33. The van der Waals surface area contributed by atoms with E-state index in [0.717, 1.165) is 19.4 Å². The average Bonchev–Trinajstić information content (AvgIpc) is 3.05. The molecule has 0 aromatic carbocycles. The summed E-state index contributed by atoms with van der Waals surface area (Å²) < 4.78 is 7.90. The Morgan fingerprint density at radius 1 is 1.40 bits per heavy atom. The van der Waals surface area contributed by atoms with E-state index in [-0.39, 0.29) is 0 Å². The van der Waals surface area contributed by atoms with Crippen molar-refractivity contribution in [1.82, 2.24) is 9.78 Å². The summed E-state index contributed by atoms with van der Waals surface area (Å²) in [4.78, 5) is 0. The number of anilines is 1. The second kappa shape index (κ2) is 5.40. The van der Waals surface area contributed by atoms with Crippen molar-refractivity contribution in [3.63, 3.8) is 0 Å². The predicted octanol–water partition coefficient (Wildman–Crippen LogP) is 3.13. The Bertz CT molecular complexity index is 462. The highest BCUT2D eigenvalue weighted by atomic mass is 16.5. The fraction of sp³-hybridized carbons (Fsp3) is 0.812. The summed E-state index contributed by atoms with van der Waals surface area (Å²) in [5.74, 6) is 0. The lowest BCUT2D eigenvalue weighted by atomic mass is 9.60. The van der Waals surface area contributed by atoms with Gasteiger partial charge in [0.2, 0.25) is 0 Å². The van der Waals surface area contributed by atoms with Gasteiger partial charge in [0, 0.05) is 31.3 Å². The first-order valence-corrected chi connectivity index (χ1v) is 8.10. The van der Waals surface area contributed by atoms with Gasteiger partial charge >= 0.3 is 0 Å². The zero-order valence-corrected chi connectivity index (χ0v) is 13.0. The predicted molar refractivity (Wildman–Crippen MR) is 80.9 cm³/mol. The lowest BCUT2D eigenvalue weighted by molar-refractivity contribution is -0.114. The van der Waals surface area contributed by atoms with E-state index in [0.29, 0.717) is 17.6 Å². The van der Waals surface area contributed by atoms with Crippen LogP contribution in [0.1, 0.15) is 51.6 Å². The van der Waals surface area contributed by atoms with Gasteiger partial charge in [-0.3, -0.25) is 4.68 Å². The molecule has 1 spiro atoms. The van der Waals surface area contributed by atoms with Crippen molar-refractivity contribution in [2.45, 2.75) is 64.5 Å². The van der Waals surface area contributed by atoms with Gasteiger partial charge in [0.05, 0.1) is 17.5 Å². The van der Waals surface area contributed by atoms with E-state index in [9.17, 15) is 0 Å². The SMILES string of the molecule is CCOC1CC(Nc2cn(C)nc2CC)C12CCCC2. The summed E-state index contributed by atoms with van der Waals surface area (Å²) in [6.07, 6.45) is 10.1. The molecule has 4 heteroatoms. The Labute approximate surface area is 121 Å². The van der Waals surface area contributed by atoms with Crippen LogP contribution in [0, 0.1) is 5.41 Å². The molecular weight excluding hydrogens is 250 g/mol. The third-order valence-electron chi connectivity index (χ3n) is 5.26. The van der Waals surface area contributed by atoms with Crippen LogP contribution < -0.4 is 5.32 Å². The van der Waals surface area contributed by atoms with E-state index >= 15 is 0 Å². The number of ether oxygens (including phenoxy) is 1. The minimum absolute atomic E-state index is 0.386. The fourth-order valence-corrected chi connectivity index (χ4v) is 4.19. The number of nitrogens with one attached hydrogen (secondary N) is 1. The largest absolute Gasteiger partial charge is 0.379 e. The molecule has 2 aliphatic carbocycles. The Hall–Kier alpha value is -1.03. The van der Waals surface area contributed by atoms with Crippen molar-refractivity contribution < 1.29 is 4.74 Å². The molecule has 20 heavy (non-hydrogen) atoms. The van der Waals surface area contributed by atoms with Crippen LogP contribution in [-0.4, -0.2) is 28.5 Å². The van der Waals surface area contributed by atoms with E-state index < -0.39 is 0 Å². The first-order valence-electron chi connectivity index (χ1n) is 8.10. The van der Waals surface area contributed by atoms with Crippen LogP contribution in [0.3, 0.4) is 0 Å². The molecule has 1 aromatic rings. The van der Waals surface area contributed by atoms with Crippen molar-refractivity contribution in [2.24, 2.45) is 12.5 Å². The molecule has 1 N–H and O–H groups in total. The average molecular weight is 277 g/mol. The highest BCUT2D eigenvalue weighted by Gasteiger charge is 2.56. The van der Waals surface area contributed by atoms with Crippen LogP contribution in [0.5, 0.6) is 0 Å². The topological polar surface area (TPSA) is 39.1 Å². The zero-order chi connectivity index (χ0) is 14.2. The normalized spacial score (nSPS) is 27.8. The van der Waals surface area contributed by atoms with E-state index in [1.807, 2.05) is 11.7 Å². The number of nitrogens with zero attached hydrogens (tertiary/aromatic N) is 2. The molecule has 0 aliphatic heterocycles. The Morgan fingerprint density at radius 3 is 2.80 bits per heavy atom. The zero-order valence-electron chi connectivity index (χ0n) is 13.0. The van der Waals surface area contributed by atoms with Crippen LogP contribution in [0.15, 0.2) is 6.20 Å². The van der Waals surface area contributed by atoms with Gasteiger partial charge in [0.15, 0.2) is 0 Å². The van der Waals surface area contributed by atoms with Crippen molar-refractivity contribution in [3.8, 4) is 0 Å². The monoisotopic (exact) mass is 277 g/mol. The molecule has 2 saturated carbocycles. The van der Waals surface area contributed by atoms with E-state index in [4.69, 9.17) is 4.74 Å². The molecule has 3 rings (SSSR count). The summed E-state index contributed by atoms with van der Waals surface area (Å²) in [6, 6.07) is 0.566. The molecule has 2 unspecified atom stereocenters. The van der Waals surface area contributed by atoms with Crippen molar-refractivity contribution in [3.05, 3.63) is 11.9 Å². The van der Waals surface area contributed by atoms with Gasteiger partial charge in [-0.2, -0.15) is 5.10 Å². The van der Waals surface area contributed by atoms with Crippen LogP contribution in [0.2, 0.25) is 0 Å². The molecule has 2 aliphatic rings. The summed E-state index contributed by atoms with van der Waals surface area (Å²) in [5, 5.41) is 8.31. The number of rotatable bonds is 5. The third kappa shape index (κ3) is 2.14. The molecule has 0 bridgehead atoms. The van der Waals surface area contributed by atoms with Crippen molar-refractivity contribution in [1.29, 1.82) is 0 Å². The van der Waals surface area contributed by atoms with Crippen LogP contribution in [0.25, 0.3) is 0 Å². The van der Waals surface area contributed by atoms with E-state index in [2.05, 4.69) is 30.5 Å². The molecule has 112 valence electrons. The van der Waals surface area contributed by atoms with Crippen molar-refractivity contribution >= 4 is 5.69 Å². The maximum absolute atomic E-state index is 5.98. The van der Waals surface area contributed by atoms with Crippen molar-refractivity contribution in [2.75, 3.05) is 11.9 Å². The fourth-order valence-electron chi connectivity index (χ4n) is 4.19. The Morgan fingerprint density at radius 2 is 2.15 bits per heavy atom. The summed E-state index contributed by atoms with van der Waals surface area (Å²) in [6.45, 7) is 5.12. The van der Waals surface area contributed by atoms with Gasteiger partial charge in [-0.1, -0.05) is 19.8 Å². The Balaban J connectivity index is 1.74. The van der Waals surface area contributed by atoms with E-state index in [1.165, 1.54) is 37.1 Å². The molecule has 2 fully saturated rings. The van der Waals surface area contributed by atoms with Gasteiger partial charge in [0.1, 0.15) is 0 Å². The number of aromatic nitrogens is 2. The molecule has 0 amide bonds. The second-order valence-electron chi connectivity index (χ2n) is 6.33. The molecule has 1 heterocycles. The van der Waals surface area contributed by atoms with Gasteiger partial charge in [0.25, 0.3) is 0 Å². The lowest BCUT2D eigenvalue weighted by Gasteiger charge is -2.54. The minimum Gasteiger partial charge on any atom is -0.379 e. The van der Waals surface area contributed by atoms with Gasteiger partial charge in [-0.15, -0.1) is 0 Å². The van der Waals surface area contributed by atoms with Gasteiger partial charge < -0.3 is 10.1 Å². The summed E-state index contributed by atoms with van der Waals surface area (Å²) >= 11 is 0. The maximum Gasteiger partial charge on any atom is 0.0853 e. The third-order valence-corrected chi connectivity index (χ3v) is 5.26. The molecule has 4 nitrogen and oxygen atoms in total.